The molecule has 1 heterocycles. The molecule has 2 aromatic rings. The largest absolute Gasteiger partial charge is 0.456 e. The van der Waals surface area contributed by atoms with Crippen molar-refractivity contribution in [2.45, 2.75) is 65.2 Å². The maximum absolute atomic E-state index is 6.59. The molecule has 3 aliphatic carbocycles. The lowest BCUT2D eigenvalue weighted by Crippen LogP contribution is -2.11. The second-order valence-electron chi connectivity index (χ2n) is 11.8. The van der Waals surface area contributed by atoms with Gasteiger partial charge in [0.2, 0.25) is 0 Å². The van der Waals surface area contributed by atoms with Gasteiger partial charge in [-0.25, -0.2) is 0 Å². The van der Waals surface area contributed by atoms with E-state index in [2.05, 4.69) is 111 Å². The fourth-order valence-electron chi connectivity index (χ4n) is 6.59. The molecule has 2 aromatic carbocycles. The van der Waals surface area contributed by atoms with E-state index >= 15 is 0 Å². The Bertz CT molecular complexity index is 1510. The molecule has 202 valence electrons. The first-order chi connectivity index (χ1) is 19.5. The zero-order valence-electron chi connectivity index (χ0n) is 24.0. The van der Waals surface area contributed by atoms with Crippen LogP contribution in [0.4, 0.5) is 0 Å². The van der Waals surface area contributed by atoms with Crippen molar-refractivity contribution >= 4 is 11.3 Å². The van der Waals surface area contributed by atoms with Gasteiger partial charge in [-0.05, 0) is 117 Å². The van der Waals surface area contributed by atoms with E-state index in [9.17, 15) is 0 Å². The van der Waals surface area contributed by atoms with Gasteiger partial charge in [0.25, 0.3) is 0 Å². The zero-order chi connectivity index (χ0) is 27.5. The van der Waals surface area contributed by atoms with Crippen LogP contribution in [0.2, 0.25) is 0 Å². The number of rotatable bonds is 4. The number of hydrogen-bond acceptors (Lipinski definition) is 1. The number of ether oxygens (including phenoxy) is 1. The quantitative estimate of drug-likeness (QED) is 0.386. The van der Waals surface area contributed by atoms with Crippen molar-refractivity contribution in [3.05, 3.63) is 154 Å². The van der Waals surface area contributed by atoms with E-state index in [1.807, 2.05) is 0 Å². The van der Waals surface area contributed by atoms with Gasteiger partial charge in [0.1, 0.15) is 11.5 Å². The summed E-state index contributed by atoms with van der Waals surface area (Å²) in [6.45, 7) is 8.92. The van der Waals surface area contributed by atoms with Crippen LogP contribution >= 0.6 is 0 Å². The van der Waals surface area contributed by atoms with Crippen molar-refractivity contribution in [3.63, 3.8) is 0 Å². The highest BCUT2D eigenvalue weighted by Crippen LogP contribution is 2.43. The Morgan fingerprint density at radius 2 is 1.55 bits per heavy atom. The molecule has 0 saturated heterocycles. The summed E-state index contributed by atoms with van der Waals surface area (Å²) in [5.74, 6) is 2.40. The lowest BCUT2D eigenvalue weighted by molar-refractivity contribution is 0.382. The Morgan fingerprint density at radius 1 is 0.800 bits per heavy atom. The molecule has 1 fully saturated rings. The zero-order valence-corrected chi connectivity index (χ0v) is 24.0. The van der Waals surface area contributed by atoms with Crippen molar-refractivity contribution < 1.29 is 4.74 Å². The van der Waals surface area contributed by atoms with Crippen molar-refractivity contribution in [1.29, 1.82) is 0 Å². The Labute approximate surface area is 240 Å². The first-order valence-electron chi connectivity index (χ1n) is 15.0. The normalized spacial score (nSPS) is 23.4. The van der Waals surface area contributed by atoms with E-state index in [1.54, 1.807) is 0 Å². The van der Waals surface area contributed by atoms with Crippen LogP contribution in [-0.4, -0.2) is 0 Å². The van der Waals surface area contributed by atoms with Gasteiger partial charge in [-0.3, -0.25) is 0 Å². The molecule has 40 heavy (non-hydrogen) atoms. The molecule has 1 unspecified atom stereocenters. The van der Waals surface area contributed by atoms with Gasteiger partial charge in [-0.15, -0.1) is 0 Å². The topological polar surface area (TPSA) is 9.23 Å². The van der Waals surface area contributed by atoms with Gasteiger partial charge < -0.3 is 4.74 Å². The fraction of sp³-hybridized carbons (Fsp3) is 0.282. The maximum atomic E-state index is 6.59. The fourth-order valence-corrected chi connectivity index (χ4v) is 6.59. The predicted molar refractivity (Wildman–Crippen MR) is 169 cm³/mol. The van der Waals surface area contributed by atoms with Crippen LogP contribution in [0.3, 0.4) is 0 Å². The smallest absolute Gasteiger partial charge is 0.135 e. The standard InChI is InChI=1S/C39H40O/c1-27(2)35-19-11-18-34(28(35)3)24-30-13-10-12-29(22-30)23-31-20-21-36-37(32-14-6-4-7-15-32)26-38(40-39(36)25-31)33-16-8-5-9-17-33/h4-9,14-17,22-26,29H,3,10-13,18-21H2,1-2H3/b31-23-,34-24+. The van der Waals surface area contributed by atoms with E-state index < -0.39 is 0 Å². The van der Waals surface area contributed by atoms with Crippen LogP contribution < -0.4 is 0 Å². The van der Waals surface area contributed by atoms with Gasteiger partial charge in [-0.2, -0.15) is 0 Å². The minimum Gasteiger partial charge on any atom is -0.456 e. The second kappa shape index (κ2) is 11.7. The van der Waals surface area contributed by atoms with Crippen LogP contribution in [0, 0.1) is 5.92 Å². The highest BCUT2D eigenvalue weighted by atomic mass is 16.5. The Balaban J connectivity index is 1.30. The van der Waals surface area contributed by atoms with Crippen molar-refractivity contribution in [2.75, 3.05) is 0 Å². The van der Waals surface area contributed by atoms with Crippen LogP contribution in [-0.2, 0) is 4.74 Å². The molecule has 0 N–H and O–H groups in total. The molecular weight excluding hydrogens is 484 g/mol. The Hall–Kier alpha value is -3.84. The molecule has 0 radical (unpaired) electrons. The predicted octanol–water partition coefficient (Wildman–Crippen LogP) is 10.8. The van der Waals surface area contributed by atoms with Gasteiger partial charge in [-0.1, -0.05) is 96.6 Å². The van der Waals surface area contributed by atoms with E-state index in [0.717, 1.165) is 36.3 Å². The third kappa shape index (κ3) is 5.70. The molecule has 1 atom stereocenters. The summed E-state index contributed by atoms with van der Waals surface area (Å²) < 4.78 is 6.59. The minimum absolute atomic E-state index is 0.471. The molecule has 6 rings (SSSR count). The lowest BCUT2D eigenvalue weighted by atomic mass is 9.81. The average molecular weight is 525 g/mol. The molecule has 0 spiro atoms. The third-order valence-electron chi connectivity index (χ3n) is 8.69. The average Bonchev–Trinajstić information content (AvgIpc) is 2.98. The molecule has 1 nitrogen and oxygen atoms in total. The van der Waals surface area contributed by atoms with E-state index in [1.165, 1.54) is 82.3 Å². The molecule has 1 saturated carbocycles. The molecule has 0 bridgehead atoms. The molecule has 1 heteroatoms. The van der Waals surface area contributed by atoms with Gasteiger partial charge in [0, 0.05) is 11.1 Å². The molecule has 1 aliphatic heterocycles. The minimum atomic E-state index is 0.471. The van der Waals surface area contributed by atoms with E-state index in [0.29, 0.717) is 5.92 Å². The summed E-state index contributed by atoms with van der Waals surface area (Å²) in [5, 5.41) is 0. The monoisotopic (exact) mass is 524 g/mol. The summed E-state index contributed by atoms with van der Waals surface area (Å²) in [6, 6.07) is 21.2. The molecule has 0 aromatic heterocycles. The van der Waals surface area contributed by atoms with Crippen LogP contribution in [0.5, 0.6) is 0 Å². The van der Waals surface area contributed by atoms with Crippen molar-refractivity contribution in [1.82, 2.24) is 0 Å². The van der Waals surface area contributed by atoms with Crippen LogP contribution in [0.1, 0.15) is 76.3 Å². The van der Waals surface area contributed by atoms with E-state index in [4.69, 9.17) is 4.74 Å². The number of allylic oxidation sites excluding steroid dienone is 13. The maximum Gasteiger partial charge on any atom is 0.135 e. The van der Waals surface area contributed by atoms with Crippen molar-refractivity contribution in [3.8, 4) is 0 Å². The van der Waals surface area contributed by atoms with Gasteiger partial charge in [0.05, 0.1) is 0 Å². The Morgan fingerprint density at radius 3 is 2.30 bits per heavy atom. The van der Waals surface area contributed by atoms with E-state index in [-0.39, 0.29) is 0 Å². The number of benzene rings is 2. The highest BCUT2D eigenvalue weighted by Gasteiger charge is 2.26. The SMILES string of the molecule is C=C1C(=C(C)C)CCC/C1=C\C1=CC(/C=C2\C=C3OC(c4ccccc4)=CC(c4ccccc4)=C3CC2)CCC1. The van der Waals surface area contributed by atoms with Gasteiger partial charge >= 0.3 is 0 Å². The molecule has 4 aliphatic rings. The lowest BCUT2D eigenvalue weighted by Gasteiger charge is -2.28. The van der Waals surface area contributed by atoms with Crippen LogP contribution in [0.15, 0.2) is 142 Å². The second-order valence-corrected chi connectivity index (χ2v) is 11.8. The summed E-state index contributed by atoms with van der Waals surface area (Å²) in [4.78, 5) is 0. The molecular formula is C39H40O. The Kier molecular flexibility index (Phi) is 7.73. The molecule has 0 amide bonds. The van der Waals surface area contributed by atoms with Crippen molar-refractivity contribution in [2.24, 2.45) is 5.92 Å². The first-order valence-corrected chi connectivity index (χ1v) is 15.0. The van der Waals surface area contributed by atoms with Crippen LogP contribution in [0.25, 0.3) is 11.3 Å². The summed E-state index contributed by atoms with van der Waals surface area (Å²) in [5.41, 5.74) is 13.4. The number of fused-ring (bicyclic) bond motifs is 1. The number of hydrogen-bond donors (Lipinski definition) is 0. The summed E-state index contributed by atoms with van der Waals surface area (Å²) in [6.07, 6.45) is 21.3. The summed E-state index contributed by atoms with van der Waals surface area (Å²) >= 11 is 0. The highest BCUT2D eigenvalue weighted by molar-refractivity contribution is 5.88. The third-order valence-corrected chi connectivity index (χ3v) is 8.69. The summed E-state index contributed by atoms with van der Waals surface area (Å²) in [7, 11) is 0. The first kappa shape index (κ1) is 26.4. The van der Waals surface area contributed by atoms with Gasteiger partial charge in [0.15, 0.2) is 0 Å².